The van der Waals surface area contributed by atoms with Crippen molar-refractivity contribution < 1.29 is 23.5 Å². The van der Waals surface area contributed by atoms with E-state index < -0.39 is 29.9 Å². The van der Waals surface area contributed by atoms with Gasteiger partial charge in [0.1, 0.15) is 11.6 Å². The Morgan fingerprint density at radius 2 is 1.65 bits per heavy atom. The van der Waals surface area contributed by atoms with Gasteiger partial charge in [-0.25, -0.2) is 9.18 Å². The molecule has 0 saturated heterocycles. The van der Waals surface area contributed by atoms with Crippen molar-refractivity contribution in [1.82, 2.24) is 0 Å². The molecule has 134 valence electrons. The fraction of sp³-hybridized carbons (Fsp3) is 0.211. The highest BCUT2D eigenvalue weighted by Gasteiger charge is 2.23. The Kier molecular flexibility index (Phi) is 6.28. The van der Waals surface area contributed by atoms with Crippen LogP contribution in [-0.4, -0.2) is 24.1 Å². The van der Waals surface area contributed by atoms with E-state index in [9.17, 15) is 14.0 Å². The number of amides is 1. The van der Waals surface area contributed by atoms with Crippen LogP contribution in [0.25, 0.3) is 0 Å². The molecule has 0 aromatic heterocycles. The predicted octanol–water partition coefficient (Wildman–Crippen LogP) is 3.04. The van der Waals surface area contributed by atoms with Gasteiger partial charge in [0, 0.05) is 5.69 Å². The largest absolute Gasteiger partial charge is 0.479 e. The topological polar surface area (TPSA) is 88.4 Å². The summed E-state index contributed by atoms with van der Waals surface area (Å²) in [5.41, 5.74) is 0.946. The van der Waals surface area contributed by atoms with Crippen LogP contribution >= 0.6 is 0 Å². The first-order valence-corrected chi connectivity index (χ1v) is 7.83. The number of esters is 1. The molecule has 1 N–H and O–H groups in total. The molecule has 0 heterocycles. The van der Waals surface area contributed by atoms with Crippen molar-refractivity contribution in [2.45, 2.75) is 26.1 Å². The van der Waals surface area contributed by atoms with Crippen LogP contribution in [0.1, 0.15) is 19.4 Å². The molecule has 7 heteroatoms. The summed E-state index contributed by atoms with van der Waals surface area (Å²) in [5.74, 6) is -1.35. The molecule has 2 atom stereocenters. The lowest BCUT2D eigenvalue weighted by Gasteiger charge is -2.17. The zero-order valence-corrected chi connectivity index (χ0v) is 14.2. The highest BCUT2D eigenvalue weighted by molar-refractivity contribution is 5.95. The number of hydrogen-bond donors (Lipinski definition) is 1. The highest BCUT2D eigenvalue weighted by atomic mass is 19.1. The van der Waals surface area contributed by atoms with Gasteiger partial charge >= 0.3 is 5.97 Å². The maximum Gasteiger partial charge on any atom is 0.347 e. The Bertz CT molecular complexity index is 813. The number of carbonyl (C=O) groups is 2. The molecule has 26 heavy (non-hydrogen) atoms. The number of anilines is 1. The van der Waals surface area contributed by atoms with E-state index in [0.717, 1.165) is 0 Å². The number of benzene rings is 2. The summed E-state index contributed by atoms with van der Waals surface area (Å²) < 4.78 is 23.3. The monoisotopic (exact) mass is 356 g/mol. The second-order valence-corrected chi connectivity index (χ2v) is 5.47. The van der Waals surface area contributed by atoms with E-state index in [1.54, 1.807) is 24.3 Å². The van der Waals surface area contributed by atoms with Gasteiger partial charge in [-0.2, -0.15) is 5.26 Å². The Morgan fingerprint density at radius 1 is 1.04 bits per heavy atom. The molecule has 0 aliphatic carbocycles. The first-order valence-electron chi connectivity index (χ1n) is 7.83. The minimum absolute atomic E-state index is 0.311. The minimum atomic E-state index is -1.04. The molecule has 0 saturated carbocycles. The molecule has 1 amide bonds. The van der Waals surface area contributed by atoms with Crippen LogP contribution in [0.3, 0.4) is 0 Å². The predicted molar refractivity (Wildman–Crippen MR) is 91.8 cm³/mol. The van der Waals surface area contributed by atoms with E-state index in [-0.39, 0.29) is 0 Å². The molecule has 0 unspecified atom stereocenters. The number of rotatable bonds is 6. The molecule has 0 aliphatic heterocycles. The van der Waals surface area contributed by atoms with Crippen molar-refractivity contribution in [2.24, 2.45) is 0 Å². The Balaban J connectivity index is 1.87. The SMILES string of the molecule is C[C@H](OC(=O)[C@H](C)Oc1ccc(F)cc1)C(=O)Nc1ccc(C#N)cc1. The molecule has 0 spiro atoms. The zero-order chi connectivity index (χ0) is 19.1. The quantitative estimate of drug-likeness (QED) is 0.804. The van der Waals surface area contributed by atoms with Crippen molar-refractivity contribution in [3.8, 4) is 11.8 Å². The van der Waals surface area contributed by atoms with Gasteiger partial charge in [0.15, 0.2) is 12.2 Å². The van der Waals surface area contributed by atoms with Gasteiger partial charge in [0.25, 0.3) is 5.91 Å². The van der Waals surface area contributed by atoms with Crippen molar-refractivity contribution in [3.63, 3.8) is 0 Å². The lowest BCUT2D eigenvalue weighted by molar-refractivity contribution is -0.159. The van der Waals surface area contributed by atoms with Crippen LogP contribution in [0.2, 0.25) is 0 Å². The number of nitrogens with one attached hydrogen (secondary N) is 1. The molecule has 6 nitrogen and oxygen atoms in total. The molecular weight excluding hydrogens is 339 g/mol. The van der Waals surface area contributed by atoms with E-state index in [1.165, 1.54) is 38.1 Å². The van der Waals surface area contributed by atoms with Crippen LogP contribution in [0.5, 0.6) is 5.75 Å². The third-order valence-corrected chi connectivity index (χ3v) is 3.40. The van der Waals surface area contributed by atoms with Crippen LogP contribution < -0.4 is 10.1 Å². The average Bonchev–Trinajstić information content (AvgIpc) is 2.64. The smallest absolute Gasteiger partial charge is 0.347 e. The van der Waals surface area contributed by atoms with Crippen LogP contribution in [0.15, 0.2) is 48.5 Å². The number of nitrogens with zero attached hydrogens (tertiary/aromatic N) is 1. The summed E-state index contributed by atoms with van der Waals surface area (Å²) in [4.78, 5) is 24.1. The minimum Gasteiger partial charge on any atom is -0.479 e. The Morgan fingerprint density at radius 3 is 2.23 bits per heavy atom. The van der Waals surface area contributed by atoms with E-state index in [4.69, 9.17) is 14.7 Å². The van der Waals surface area contributed by atoms with Crippen LogP contribution in [0.4, 0.5) is 10.1 Å². The van der Waals surface area contributed by atoms with Gasteiger partial charge in [0.2, 0.25) is 0 Å². The second-order valence-electron chi connectivity index (χ2n) is 5.47. The lowest BCUT2D eigenvalue weighted by atomic mass is 10.2. The summed E-state index contributed by atoms with van der Waals surface area (Å²) in [7, 11) is 0. The molecule has 0 bridgehead atoms. The third kappa shape index (κ3) is 5.31. The second kappa shape index (κ2) is 8.62. The molecule has 0 fully saturated rings. The maximum atomic E-state index is 12.9. The summed E-state index contributed by atoms with van der Waals surface area (Å²) in [6.45, 7) is 2.90. The summed E-state index contributed by atoms with van der Waals surface area (Å²) in [6, 6.07) is 13.4. The fourth-order valence-corrected chi connectivity index (χ4v) is 1.96. The third-order valence-electron chi connectivity index (χ3n) is 3.40. The van der Waals surface area contributed by atoms with Gasteiger partial charge in [-0.05, 0) is 62.4 Å². The first kappa shape index (κ1) is 18.9. The molecule has 2 aromatic rings. The Hall–Kier alpha value is -3.40. The van der Waals surface area contributed by atoms with Gasteiger partial charge < -0.3 is 14.8 Å². The van der Waals surface area contributed by atoms with E-state index in [2.05, 4.69) is 5.32 Å². The molecule has 2 aromatic carbocycles. The van der Waals surface area contributed by atoms with Crippen molar-refractivity contribution in [2.75, 3.05) is 5.32 Å². The first-order chi connectivity index (χ1) is 12.4. The summed E-state index contributed by atoms with van der Waals surface area (Å²) in [6.07, 6.45) is -2.01. The number of halogens is 1. The van der Waals surface area contributed by atoms with E-state index in [1.807, 2.05) is 6.07 Å². The molecule has 2 rings (SSSR count). The molecule has 0 aliphatic rings. The van der Waals surface area contributed by atoms with Gasteiger partial charge in [-0.1, -0.05) is 0 Å². The zero-order valence-electron chi connectivity index (χ0n) is 14.2. The van der Waals surface area contributed by atoms with Crippen molar-refractivity contribution >= 4 is 17.6 Å². The van der Waals surface area contributed by atoms with Gasteiger partial charge in [-0.15, -0.1) is 0 Å². The number of carbonyl (C=O) groups excluding carboxylic acids is 2. The summed E-state index contributed by atoms with van der Waals surface area (Å²) in [5, 5.41) is 11.3. The number of ether oxygens (including phenoxy) is 2. The lowest BCUT2D eigenvalue weighted by Crippen LogP contribution is -2.35. The highest BCUT2D eigenvalue weighted by Crippen LogP contribution is 2.14. The van der Waals surface area contributed by atoms with Crippen molar-refractivity contribution in [1.29, 1.82) is 5.26 Å². The number of hydrogen-bond acceptors (Lipinski definition) is 5. The molecular formula is C19H17FN2O4. The van der Waals surface area contributed by atoms with Crippen molar-refractivity contribution in [3.05, 3.63) is 59.9 Å². The number of nitriles is 1. The van der Waals surface area contributed by atoms with E-state index in [0.29, 0.717) is 17.0 Å². The standard InChI is InChI=1S/C19H17FN2O4/c1-12(18(23)22-16-7-3-14(11-21)4-8-16)26-19(24)13(2)25-17-9-5-15(20)6-10-17/h3-10,12-13H,1-2H3,(H,22,23)/t12-,13-/m0/s1. The van der Waals surface area contributed by atoms with E-state index >= 15 is 0 Å². The average molecular weight is 356 g/mol. The molecule has 0 radical (unpaired) electrons. The summed E-state index contributed by atoms with van der Waals surface area (Å²) >= 11 is 0. The van der Waals surface area contributed by atoms with Gasteiger partial charge in [-0.3, -0.25) is 4.79 Å². The maximum absolute atomic E-state index is 12.9. The fourth-order valence-electron chi connectivity index (χ4n) is 1.96. The van der Waals surface area contributed by atoms with Crippen LogP contribution in [-0.2, 0) is 14.3 Å². The normalized spacial score (nSPS) is 12.4. The van der Waals surface area contributed by atoms with Gasteiger partial charge in [0.05, 0.1) is 11.6 Å². The Labute approximate surface area is 150 Å². The van der Waals surface area contributed by atoms with Crippen LogP contribution in [0, 0.1) is 17.1 Å².